The third-order valence-electron chi connectivity index (χ3n) is 3.06. The summed E-state index contributed by atoms with van der Waals surface area (Å²) >= 11 is 0. The van der Waals surface area contributed by atoms with Gasteiger partial charge >= 0.3 is 18.0 Å². The average Bonchev–Trinajstić information content (AvgIpc) is 2.54. The van der Waals surface area contributed by atoms with Gasteiger partial charge in [-0.25, -0.2) is 0 Å². The van der Waals surface area contributed by atoms with Gasteiger partial charge < -0.3 is 10.0 Å². The van der Waals surface area contributed by atoms with Crippen LogP contribution in [0, 0.1) is 11.3 Å². The Hall–Kier alpha value is -2.77. The number of allylic oxidation sites excluding steroid dienone is 1. The van der Waals surface area contributed by atoms with Crippen LogP contribution in [0.4, 0.5) is 36.4 Å². The molecule has 0 fully saturated rings. The van der Waals surface area contributed by atoms with Crippen molar-refractivity contribution in [3.63, 3.8) is 0 Å². The predicted molar refractivity (Wildman–Crippen MR) is 71.1 cm³/mol. The van der Waals surface area contributed by atoms with Crippen molar-refractivity contribution in [3.05, 3.63) is 41.7 Å². The van der Waals surface area contributed by atoms with Gasteiger partial charge in [-0.3, -0.25) is 4.79 Å². The van der Waals surface area contributed by atoms with Crippen molar-refractivity contribution in [1.82, 2.24) is 0 Å². The van der Waals surface area contributed by atoms with Gasteiger partial charge in [-0.2, -0.15) is 36.0 Å². The summed E-state index contributed by atoms with van der Waals surface area (Å²) in [6.45, 7) is 0. The lowest BCUT2D eigenvalue weighted by Gasteiger charge is -2.28. The highest BCUT2D eigenvalue weighted by molar-refractivity contribution is 6.08. The molecule has 0 radical (unpaired) electrons. The molecule has 1 aromatic carbocycles. The number of carbonyl (C=O) groups is 1. The van der Waals surface area contributed by atoms with E-state index in [1.165, 1.54) is 30.3 Å². The van der Waals surface area contributed by atoms with Gasteiger partial charge in [0.1, 0.15) is 6.07 Å². The number of carbonyl (C=O) groups excluding carboxylic acids is 1. The van der Waals surface area contributed by atoms with E-state index in [1.807, 2.05) is 0 Å². The molecule has 0 aromatic heterocycles. The normalized spacial score (nSPS) is 13.7. The van der Waals surface area contributed by atoms with Crippen LogP contribution in [0.15, 0.2) is 41.7 Å². The first-order valence-corrected chi connectivity index (χ1v) is 6.28. The molecule has 1 N–H and O–H groups in total. The molecular formula is C14H9F7N2O2. The van der Waals surface area contributed by atoms with Crippen molar-refractivity contribution in [2.75, 3.05) is 11.9 Å². The van der Waals surface area contributed by atoms with E-state index in [0.29, 0.717) is 4.90 Å². The number of anilines is 1. The molecule has 0 saturated heterocycles. The Labute approximate surface area is 136 Å². The monoisotopic (exact) mass is 370 g/mol. The zero-order valence-corrected chi connectivity index (χ0v) is 12.3. The molecule has 136 valence electrons. The van der Waals surface area contributed by atoms with Crippen LogP contribution in [0.3, 0.4) is 0 Å². The molecule has 0 spiro atoms. The Morgan fingerprint density at radius 2 is 1.56 bits per heavy atom. The number of aliphatic hydroxyl groups is 1. The number of rotatable bonds is 4. The van der Waals surface area contributed by atoms with E-state index in [4.69, 9.17) is 5.26 Å². The SMILES string of the molecule is CN(C(=O)/C(C#N)=C(\O)C(F)(F)C(F)(F)C(F)(F)F)c1ccccc1. The number of halogens is 7. The molecule has 1 amide bonds. The molecule has 11 heteroatoms. The largest absolute Gasteiger partial charge is 0.505 e. The molecule has 0 saturated carbocycles. The Morgan fingerprint density at radius 3 is 1.96 bits per heavy atom. The molecule has 1 rings (SSSR count). The minimum absolute atomic E-state index is 0.0129. The number of aliphatic hydroxyl groups excluding tert-OH is 1. The highest BCUT2D eigenvalue weighted by Crippen LogP contribution is 2.49. The number of amides is 1. The second-order valence-corrected chi connectivity index (χ2v) is 4.68. The standard InChI is InChI=1S/C14H9F7N2O2/c1-23(8-5-3-2-4-6-8)11(25)9(7-22)10(24)12(15,16)13(17,18)14(19,20)21/h2-6,24H,1H3/b10-9-. The van der Waals surface area contributed by atoms with Crippen molar-refractivity contribution in [2.45, 2.75) is 18.0 Å². The van der Waals surface area contributed by atoms with Crippen LogP contribution in [-0.2, 0) is 4.79 Å². The number of nitrogens with zero attached hydrogens (tertiary/aromatic N) is 2. The van der Waals surface area contributed by atoms with E-state index in [9.17, 15) is 40.6 Å². The topological polar surface area (TPSA) is 64.3 Å². The van der Waals surface area contributed by atoms with Crippen molar-refractivity contribution in [1.29, 1.82) is 5.26 Å². The Kier molecular flexibility index (Phi) is 5.37. The summed E-state index contributed by atoms with van der Waals surface area (Å²) < 4.78 is 89.2. The van der Waals surface area contributed by atoms with E-state index in [1.54, 1.807) is 0 Å². The van der Waals surface area contributed by atoms with Crippen LogP contribution in [0.5, 0.6) is 0 Å². The lowest BCUT2D eigenvalue weighted by atomic mass is 10.0. The van der Waals surface area contributed by atoms with Crippen LogP contribution >= 0.6 is 0 Å². The molecule has 0 unspecified atom stereocenters. The maximum atomic E-state index is 13.5. The van der Waals surface area contributed by atoms with Crippen molar-refractivity contribution >= 4 is 11.6 Å². The predicted octanol–water partition coefficient (Wildman–Crippen LogP) is 3.82. The fraction of sp³-hybridized carbons (Fsp3) is 0.286. The Morgan fingerprint density at radius 1 is 1.08 bits per heavy atom. The average molecular weight is 370 g/mol. The fourth-order valence-electron chi connectivity index (χ4n) is 1.62. The van der Waals surface area contributed by atoms with Crippen LogP contribution in [0.2, 0.25) is 0 Å². The molecule has 0 atom stereocenters. The summed E-state index contributed by atoms with van der Waals surface area (Å²) in [6.07, 6.45) is -6.72. The van der Waals surface area contributed by atoms with Crippen LogP contribution < -0.4 is 4.90 Å². The first-order chi connectivity index (χ1) is 11.3. The molecule has 0 bridgehead atoms. The first kappa shape index (κ1) is 20.3. The van der Waals surface area contributed by atoms with E-state index in [-0.39, 0.29) is 5.69 Å². The summed E-state index contributed by atoms with van der Waals surface area (Å²) in [5.41, 5.74) is -1.93. The number of nitriles is 1. The van der Waals surface area contributed by atoms with Gasteiger partial charge in [0.25, 0.3) is 5.91 Å². The maximum Gasteiger partial charge on any atom is 0.460 e. The number of alkyl halides is 7. The third kappa shape index (κ3) is 3.52. The van der Waals surface area contributed by atoms with Gasteiger partial charge in [-0.15, -0.1) is 0 Å². The number of para-hydroxylation sites is 1. The lowest BCUT2D eigenvalue weighted by molar-refractivity contribution is -0.349. The van der Waals surface area contributed by atoms with E-state index >= 15 is 0 Å². The summed E-state index contributed by atoms with van der Waals surface area (Å²) in [5, 5.41) is 17.9. The van der Waals surface area contributed by atoms with E-state index < -0.39 is 35.3 Å². The van der Waals surface area contributed by atoms with Gasteiger partial charge in [-0.1, -0.05) is 18.2 Å². The maximum absolute atomic E-state index is 13.5. The second kappa shape index (κ2) is 6.62. The molecule has 0 aliphatic carbocycles. The van der Waals surface area contributed by atoms with Crippen molar-refractivity contribution < 1.29 is 40.6 Å². The molecular weight excluding hydrogens is 361 g/mol. The minimum Gasteiger partial charge on any atom is -0.505 e. The summed E-state index contributed by atoms with van der Waals surface area (Å²) in [6, 6.07) is 7.60. The number of hydrogen-bond donors (Lipinski definition) is 1. The first-order valence-electron chi connectivity index (χ1n) is 6.28. The van der Waals surface area contributed by atoms with Gasteiger partial charge in [-0.05, 0) is 12.1 Å². The molecule has 4 nitrogen and oxygen atoms in total. The molecule has 25 heavy (non-hydrogen) atoms. The highest BCUT2D eigenvalue weighted by Gasteiger charge is 2.75. The molecule has 0 aliphatic rings. The van der Waals surface area contributed by atoms with Gasteiger partial charge in [0, 0.05) is 12.7 Å². The van der Waals surface area contributed by atoms with Gasteiger partial charge in [0.15, 0.2) is 11.3 Å². The fourth-order valence-corrected chi connectivity index (χ4v) is 1.62. The lowest BCUT2D eigenvalue weighted by Crippen LogP contribution is -2.53. The van der Waals surface area contributed by atoms with Gasteiger partial charge in [0.05, 0.1) is 0 Å². The van der Waals surface area contributed by atoms with E-state index in [0.717, 1.165) is 13.1 Å². The Balaban J connectivity index is 3.41. The van der Waals surface area contributed by atoms with Crippen LogP contribution in [0.1, 0.15) is 0 Å². The molecule has 0 heterocycles. The second-order valence-electron chi connectivity index (χ2n) is 4.68. The summed E-state index contributed by atoms with van der Waals surface area (Å²) in [5.74, 6) is -17.6. The number of benzene rings is 1. The molecule has 0 aliphatic heterocycles. The Bertz CT molecular complexity index is 721. The zero-order chi connectivity index (χ0) is 19.6. The smallest absolute Gasteiger partial charge is 0.460 e. The quantitative estimate of drug-likeness (QED) is 0.379. The third-order valence-corrected chi connectivity index (χ3v) is 3.06. The van der Waals surface area contributed by atoms with Gasteiger partial charge in [0.2, 0.25) is 0 Å². The van der Waals surface area contributed by atoms with Crippen LogP contribution in [-0.4, -0.2) is 36.1 Å². The summed E-state index contributed by atoms with van der Waals surface area (Å²) in [4.78, 5) is 12.5. The number of hydrogen-bond acceptors (Lipinski definition) is 3. The van der Waals surface area contributed by atoms with Crippen molar-refractivity contribution in [3.8, 4) is 6.07 Å². The highest BCUT2D eigenvalue weighted by atomic mass is 19.4. The van der Waals surface area contributed by atoms with Crippen molar-refractivity contribution in [2.24, 2.45) is 0 Å². The number of likely N-dealkylation sites (N-methyl/N-ethyl adjacent to an activating group) is 1. The zero-order valence-electron chi connectivity index (χ0n) is 12.3. The summed E-state index contributed by atoms with van der Waals surface area (Å²) in [7, 11) is 0.947. The van der Waals surface area contributed by atoms with Crippen LogP contribution in [0.25, 0.3) is 0 Å². The molecule has 1 aromatic rings. The minimum atomic E-state index is -6.72. The van der Waals surface area contributed by atoms with E-state index in [2.05, 4.69) is 0 Å².